The summed E-state index contributed by atoms with van der Waals surface area (Å²) in [5.74, 6) is 1.01. The minimum absolute atomic E-state index is 0.645. The van der Waals surface area contributed by atoms with Gasteiger partial charge in [-0.1, -0.05) is 49.9 Å². The van der Waals surface area contributed by atoms with Gasteiger partial charge in [-0.15, -0.1) is 0 Å². The zero-order valence-electron chi connectivity index (χ0n) is 11.9. The summed E-state index contributed by atoms with van der Waals surface area (Å²) < 4.78 is 0. The first-order valence-corrected chi connectivity index (χ1v) is 7.51. The van der Waals surface area contributed by atoms with Gasteiger partial charge in [0.25, 0.3) is 0 Å². The highest BCUT2D eigenvalue weighted by Gasteiger charge is 2.17. The van der Waals surface area contributed by atoms with Crippen molar-refractivity contribution in [1.29, 1.82) is 0 Å². The predicted octanol–water partition coefficient (Wildman–Crippen LogP) is 4.10. The molecule has 0 heterocycles. The van der Waals surface area contributed by atoms with E-state index in [-0.39, 0.29) is 0 Å². The molecule has 1 aliphatic carbocycles. The molecule has 1 atom stereocenters. The molecule has 0 aliphatic heterocycles. The predicted molar refractivity (Wildman–Crippen MR) is 78.9 cm³/mol. The molecule has 1 aromatic rings. The van der Waals surface area contributed by atoms with Crippen molar-refractivity contribution < 1.29 is 0 Å². The highest BCUT2D eigenvalue weighted by molar-refractivity contribution is 5.26. The first-order chi connectivity index (χ1) is 8.79. The molecule has 1 N–H and O–H groups in total. The number of rotatable bonds is 6. The fourth-order valence-electron chi connectivity index (χ4n) is 3.19. The van der Waals surface area contributed by atoms with Gasteiger partial charge in [-0.2, -0.15) is 0 Å². The number of hydrogen-bond donors (Lipinski definition) is 1. The third kappa shape index (κ3) is 3.84. The van der Waals surface area contributed by atoms with Crippen molar-refractivity contribution >= 4 is 0 Å². The quantitative estimate of drug-likeness (QED) is 0.796. The van der Waals surface area contributed by atoms with E-state index >= 15 is 0 Å². The minimum atomic E-state index is 0.645. The lowest BCUT2D eigenvalue weighted by molar-refractivity contribution is 0.418. The fraction of sp³-hybridized carbons (Fsp3) is 0.647. The zero-order valence-corrected chi connectivity index (χ0v) is 11.9. The minimum Gasteiger partial charge on any atom is -0.317 e. The maximum atomic E-state index is 3.50. The standard InChI is InChI=1S/C17H27N/c1-14-7-3-6-10-16(14)13-17(18-2)12-11-15-8-4-5-9-15/h3,6-7,10,15,17-18H,4-5,8-9,11-13H2,1-2H3. The molecular formula is C17H27N. The molecule has 1 nitrogen and oxygen atoms in total. The lowest BCUT2D eigenvalue weighted by Crippen LogP contribution is -2.28. The van der Waals surface area contributed by atoms with Gasteiger partial charge in [0.05, 0.1) is 0 Å². The van der Waals surface area contributed by atoms with E-state index in [1.807, 2.05) is 0 Å². The SMILES string of the molecule is CNC(CCC1CCCC1)Cc1ccccc1C. The average molecular weight is 245 g/mol. The van der Waals surface area contributed by atoms with E-state index in [9.17, 15) is 0 Å². The zero-order chi connectivity index (χ0) is 12.8. The van der Waals surface area contributed by atoms with Crippen LogP contribution >= 0.6 is 0 Å². The lowest BCUT2D eigenvalue weighted by Gasteiger charge is -2.19. The molecule has 18 heavy (non-hydrogen) atoms. The molecule has 1 unspecified atom stereocenters. The van der Waals surface area contributed by atoms with Gasteiger partial charge in [-0.3, -0.25) is 0 Å². The largest absolute Gasteiger partial charge is 0.317 e. The Morgan fingerprint density at radius 2 is 1.94 bits per heavy atom. The molecule has 0 spiro atoms. The summed E-state index contributed by atoms with van der Waals surface area (Å²) in [4.78, 5) is 0. The molecule has 1 aliphatic rings. The van der Waals surface area contributed by atoms with E-state index in [4.69, 9.17) is 0 Å². The van der Waals surface area contributed by atoms with Crippen molar-refractivity contribution in [3.8, 4) is 0 Å². The molecule has 1 saturated carbocycles. The number of hydrogen-bond acceptors (Lipinski definition) is 1. The number of benzene rings is 1. The number of likely N-dealkylation sites (N-methyl/N-ethyl adjacent to an activating group) is 1. The summed E-state index contributed by atoms with van der Waals surface area (Å²) >= 11 is 0. The van der Waals surface area contributed by atoms with Gasteiger partial charge in [0.15, 0.2) is 0 Å². The first kappa shape index (κ1) is 13.6. The third-order valence-electron chi connectivity index (χ3n) is 4.53. The second-order valence-corrected chi connectivity index (χ2v) is 5.84. The van der Waals surface area contributed by atoms with E-state index in [0.717, 1.165) is 5.92 Å². The smallest absolute Gasteiger partial charge is 0.0105 e. The number of aryl methyl sites for hydroxylation is 1. The Kier molecular flexibility index (Phi) is 5.25. The van der Waals surface area contributed by atoms with Gasteiger partial charge >= 0.3 is 0 Å². The Morgan fingerprint density at radius 3 is 2.61 bits per heavy atom. The van der Waals surface area contributed by atoms with Crippen molar-refractivity contribution in [1.82, 2.24) is 5.32 Å². The van der Waals surface area contributed by atoms with E-state index < -0.39 is 0 Å². The van der Waals surface area contributed by atoms with E-state index in [2.05, 4.69) is 43.6 Å². The topological polar surface area (TPSA) is 12.0 Å². The summed E-state index contributed by atoms with van der Waals surface area (Å²) in [6, 6.07) is 9.43. The first-order valence-electron chi connectivity index (χ1n) is 7.51. The van der Waals surface area contributed by atoms with Crippen LogP contribution in [-0.2, 0) is 6.42 Å². The van der Waals surface area contributed by atoms with Crippen LogP contribution in [-0.4, -0.2) is 13.1 Å². The Morgan fingerprint density at radius 1 is 1.22 bits per heavy atom. The molecule has 1 fully saturated rings. The summed E-state index contributed by atoms with van der Waals surface area (Å²) in [6.45, 7) is 2.22. The van der Waals surface area contributed by atoms with Gasteiger partial charge in [0, 0.05) is 6.04 Å². The van der Waals surface area contributed by atoms with E-state index in [1.54, 1.807) is 0 Å². The van der Waals surface area contributed by atoms with Gasteiger partial charge in [0.1, 0.15) is 0 Å². The van der Waals surface area contributed by atoms with Crippen LogP contribution in [0.2, 0.25) is 0 Å². The molecule has 1 aromatic carbocycles. The third-order valence-corrected chi connectivity index (χ3v) is 4.53. The van der Waals surface area contributed by atoms with Gasteiger partial charge < -0.3 is 5.32 Å². The van der Waals surface area contributed by atoms with E-state index in [0.29, 0.717) is 6.04 Å². The molecule has 1 heteroatoms. The molecule has 2 rings (SSSR count). The Bertz CT molecular complexity index is 352. The molecule has 0 saturated heterocycles. The summed E-state index contributed by atoms with van der Waals surface area (Å²) in [5, 5.41) is 3.50. The molecule has 0 aromatic heterocycles. The highest BCUT2D eigenvalue weighted by atomic mass is 14.9. The van der Waals surface area contributed by atoms with Crippen molar-refractivity contribution in [3.05, 3.63) is 35.4 Å². The second-order valence-electron chi connectivity index (χ2n) is 5.84. The average Bonchev–Trinajstić information content (AvgIpc) is 2.90. The van der Waals surface area contributed by atoms with Gasteiger partial charge in [-0.25, -0.2) is 0 Å². The van der Waals surface area contributed by atoms with Crippen LogP contribution in [0.3, 0.4) is 0 Å². The van der Waals surface area contributed by atoms with Crippen LogP contribution in [0.1, 0.15) is 49.7 Å². The number of nitrogens with one attached hydrogen (secondary N) is 1. The van der Waals surface area contributed by atoms with Crippen molar-refractivity contribution in [3.63, 3.8) is 0 Å². The van der Waals surface area contributed by atoms with E-state index in [1.165, 1.54) is 56.1 Å². The highest BCUT2D eigenvalue weighted by Crippen LogP contribution is 2.29. The Balaban J connectivity index is 1.83. The van der Waals surface area contributed by atoms with Crippen LogP contribution in [0.15, 0.2) is 24.3 Å². The van der Waals surface area contributed by atoms with Crippen LogP contribution in [0.4, 0.5) is 0 Å². The van der Waals surface area contributed by atoms with Crippen molar-refractivity contribution in [2.24, 2.45) is 5.92 Å². The molecular weight excluding hydrogens is 218 g/mol. The summed E-state index contributed by atoms with van der Waals surface area (Å²) in [6.07, 6.45) is 9.80. The normalized spacial score (nSPS) is 18.1. The Hall–Kier alpha value is -0.820. The molecule has 0 radical (unpaired) electrons. The van der Waals surface area contributed by atoms with Crippen LogP contribution in [0, 0.1) is 12.8 Å². The maximum absolute atomic E-state index is 3.50. The van der Waals surface area contributed by atoms with Crippen molar-refractivity contribution in [2.45, 2.75) is 57.9 Å². The Labute approximate surface area is 112 Å². The monoisotopic (exact) mass is 245 g/mol. The maximum Gasteiger partial charge on any atom is 0.0105 e. The van der Waals surface area contributed by atoms with Gasteiger partial charge in [-0.05, 0) is 50.3 Å². The van der Waals surface area contributed by atoms with Gasteiger partial charge in [0.2, 0.25) is 0 Å². The lowest BCUT2D eigenvalue weighted by atomic mass is 9.94. The van der Waals surface area contributed by atoms with Crippen LogP contribution in [0.25, 0.3) is 0 Å². The molecule has 0 amide bonds. The van der Waals surface area contributed by atoms with Crippen molar-refractivity contribution in [2.75, 3.05) is 7.05 Å². The van der Waals surface area contributed by atoms with Crippen LogP contribution in [0.5, 0.6) is 0 Å². The summed E-state index contributed by atoms with van der Waals surface area (Å²) in [5.41, 5.74) is 2.93. The fourth-order valence-corrected chi connectivity index (χ4v) is 3.19. The van der Waals surface area contributed by atoms with Crippen LogP contribution < -0.4 is 5.32 Å². The summed E-state index contributed by atoms with van der Waals surface area (Å²) in [7, 11) is 2.11. The molecule has 0 bridgehead atoms. The second kappa shape index (κ2) is 6.94. The molecule has 100 valence electrons.